The van der Waals surface area contributed by atoms with Crippen LogP contribution in [0.4, 0.5) is 0 Å². The Kier molecular flexibility index (Phi) is 2.19. The first-order valence-corrected chi connectivity index (χ1v) is 5.20. The van der Waals surface area contributed by atoms with Crippen LogP contribution >= 0.6 is 0 Å². The number of hydrogen-bond acceptors (Lipinski definition) is 3. The summed E-state index contributed by atoms with van der Waals surface area (Å²) in [5, 5.41) is 4.54. The number of fused-ring (bicyclic) bond motifs is 1. The van der Waals surface area contributed by atoms with Crippen molar-refractivity contribution in [1.29, 1.82) is 0 Å². The van der Waals surface area contributed by atoms with Gasteiger partial charge in [-0.05, 0) is 12.1 Å². The van der Waals surface area contributed by atoms with Gasteiger partial charge in [0, 0.05) is 5.39 Å². The minimum Gasteiger partial charge on any atom is -0.460 e. The molecule has 2 aromatic rings. The molecule has 1 aliphatic rings. The second-order valence-corrected chi connectivity index (χ2v) is 3.87. The number of nitrogens with one attached hydrogen (secondary N) is 1. The van der Waals surface area contributed by atoms with E-state index in [2.05, 4.69) is 17.4 Å². The van der Waals surface area contributed by atoms with Crippen LogP contribution in [0, 0.1) is 0 Å². The van der Waals surface area contributed by atoms with Crippen LogP contribution in [-0.4, -0.2) is 19.3 Å². The molecule has 3 rings (SSSR count). The highest BCUT2D eigenvalue weighted by Gasteiger charge is 2.17. The van der Waals surface area contributed by atoms with Gasteiger partial charge >= 0.3 is 0 Å². The van der Waals surface area contributed by atoms with Crippen LogP contribution in [0.1, 0.15) is 5.76 Å². The van der Waals surface area contributed by atoms with Crippen LogP contribution in [0.15, 0.2) is 34.7 Å². The highest BCUT2D eigenvalue weighted by atomic mass is 16.5. The molecule has 1 fully saturated rings. The first-order chi connectivity index (χ1) is 7.42. The molecule has 0 aliphatic carbocycles. The van der Waals surface area contributed by atoms with Gasteiger partial charge in [0.25, 0.3) is 0 Å². The van der Waals surface area contributed by atoms with Gasteiger partial charge in [0.1, 0.15) is 11.3 Å². The lowest BCUT2D eigenvalue weighted by Gasteiger charge is -2.26. The van der Waals surface area contributed by atoms with E-state index in [9.17, 15) is 0 Å². The van der Waals surface area contributed by atoms with Crippen LogP contribution < -0.4 is 5.32 Å². The standard InChI is InChI=1S/C12H13NO2/c1-2-4-12-9(3-1)5-11(15-12)6-13-10-7-14-8-10/h1-5,10,13H,6-8H2. The van der Waals surface area contributed by atoms with Crippen molar-refractivity contribution in [2.75, 3.05) is 13.2 Å². The Bertz CT molecular complexity index is 426. The molecular weight excluding hydrogens is 190 g/mol. The number of rotatable bonds is 3. The number of ether oxygens (including phenoxy) is 1. The maximum Gasteiger partial charge on any atom is 0.134 e. The molecule has 0 amide bonds. The molecule has 1 saturated heterocycles. The average molecular weight is 203 g/mol. The summed E-state index contributed by atoms with van der Waals surface area (Å²) < 4.78 is 10.8. The fraction of sp³-hybridized carbons (Fsp3) is 0.333. The van der Waals surface area contributed by atoms with E-state index in [0.29, 0.717) is 6.04 Å². The van der Waals surface area contributed by atoms with Crippen molar-refractivity contribution >= 4 is 11.0 Å². The van der Waals surface area contributed by atoms with Gasteiger partial charge in [0.15, 0.2) is 0 Å². The molecule has 1 aromatic carbocycles. The molecule has 2 heterocycles. The molecule has 0 saturated carbocycles. The molecule has 0 bridgehead atoms. The van der Waals surface area contributed by atoms with Crippen LogP contribution in [0.25, 0.3) is 11.0 Å². The van der Waals surface area contributed by atoms with E-state index in [4.69, 9.17) is 9.15 Å². The number of benzene rings is 1. The fourth-order valence-corrected chi connectivity index (χ4v) is 1.72. The topological polar surface area (TPSA) is 34.4 Å². The van der Waals surface area contributed by atoms with Crippen LogP contribution in [-0.2, 0) is 11.3 Å². The van der Waals surface area contributed by atoms with Gasteiger partial charge in [-0.15, -0.1) is 0 Å². The van der Waals surface area contributed by atoms with E-state index in [1.165, 1.54) is 5.39 Å². The third kappa shape index (κ3) is 1.76. The van der Waals surface area contributed by atoms with E-state index in [0.717, 1.165) is 31.1 Å². The second-order valence-electron chi connectivity index (χ2n) is 3.87. The zero-order chi connectivity index (χ0) is 10.1. The molecule has 0 atom stereocenters. The summed E-state index contributed by atoms with van der Waals surface area (Å²) in [5.74, 6) is 0.989. The predicted octanol–water partition coefficient (Wildman–Crippen LogP) is 1.92. The van der Waals surface area contributed by atoms with E-state index >= 15 is 0 Å². The predicted molar refractivity (Wildman–Crippen MR) is 57.7 cm³/mol. The van der Waals surface area contributed by atoms with E-state index in [1.807, 2.05) is 18.2 Å². The van der Waals surface area contributed by atoms with Crippen LogP contribution in [0.3, 0.4) is 0 Å². The molecule has 1 N–H and O–H groups in total. The molecule has 0 spiro atoms. The minimum absolute atomic E-state index is 0.498. The van der Waals surface area contributed by atoms with Crippen molar-refractivity contribution in [3.63, 3.8) is 0 Å². The lowest BCUT2D eigenvalue weighted by atomic mass is 10.2. The SMILES string of the molecule is c1ccc2oc(CNC3COC3)cc2c1. The summed E-state index contributed by atoms with van der Waals surface area (Å²) in [6, 6.07) is 10.7. The fourth-order valence-electron chi connectivity index (χ4n) is 1.72. The van der Waals surface area contributed by atoms with Crippen LogP contribution in [0.5, 0.6) is 0 Å². The van der Waals surface area contributed by atoms with Crippen molar-refractivity contribution in [1.82, 2.24) is 5.32 Å². The van der Waals surface area contributed by atoms with Crippen molar-refractivity contribution in [3.05, 3.63) is 36.1 Å². The van der Waals surface area contributed by atoms with Crippen molar-refractivity contribution in [2.45, 2.75) is 12.6 Å². The van der Waals surface area contributed by atoms with E-state index in [1.54, 1.807) is 0 Å². The molecule has 1 aliphatic heterocycles. The molecule has 78 valence electrons. The molecule has 1 aromatic heterocycles. The summed E-state index contributed by atoms with van der Waals surface area (Å²) in [4.78, 5) is 0. The Morgan fingerprint density at radius 2 is 2.13 bits per heavy atom. The van der Waals surface area contributed by atoms with Gasteiger partial charge in [0.05, 0.1) is 25.8 Å². The minimum atomic E-state index is 0.498. The maximum absolute atomic E-state index is 5.68. The van der Waals surface area contributed by atoms with Gasteiger partial charge in [-0.25, -0.2) is 0 Å². The van der Waals surface area contributed by atoms with Crippen LogP contribution in [0.2, 0.25) is 0 Å². The van der Waals surface area contributed by atoms with Crippen molar-refractivity contribution < 1.29 is 9.15 Å². The van der Waals surface area contributed by atoms with Crippen molar-refractivity contribution in [2.24, 2.45) is 0 Å². The Morgan fingerprint density at radius 1 is 1.27 bits per heavy atom. The molecular formula is C12H13NO2. The Hall–Kier alpha value is -1.32. The summed E-state index contributed by atoms with van der Waals surface area (Å²) in [5.41, 5.74) is 0.958. The van der Waals surface area contributed by atoms with E-state index in [-0.39, 0.29) is 0 Å². The molecule has 0 radical (unpaired) electrons. The molecule has 3 nitrogen and oxygen atoms in total. The Balaban J connectivity index is 1.73. The monoisotopic (exact) mass is 203 g/mol. The zero-order valence-corrected chi connectivity index (χ0v) is 8.40. The summed E-state index contributed by atoms with van der Waals surface area (Å²) in [6.45, 7) is 2.42. The summed E-state index contributed by atoms with van der Waals surface area (Å²) in [6.07, 6.45) is 0. The van der Waals surface area contributed by atoms with Gasteiger partial charge in [-0.2, -0.15) is 0 Å². The quantitative estimate of drug-likeness (QED) is 0.827. The molecule has 15 heavy (non-hydrogen) atoms. The number of hydrogen-bond donors (Lipinski definition) is 1. The zero-order valence-electron chi connectivity index (χ0n) is 8.40. The third-order valence-electron chi connectivity index (χ3n) is 2.68. The Labute approximate surface area is 88.0 Å². The number of para-hydroxylation sites is 1. The van der Waals surface area contributed by atoms with Crippen molar-refractivity contribution in [3.8, 4) is 0 Å². The normalized spacial score (nSPS) is 16.8. The lowest BCUT2D eigenvalue weighted by molar-refractivity contribution is -0.00637. The molecule has 3 heteroatoms. The third-order valence-corrected chi connectivity index (χ3v) is 2.68. The highest BCUT2D eigenvalue weighted by molar-refractivity contribution is 5.77. The smallest absolute Gasteiger partial charge is 0.134 e. The Morgan fingerprint density at radius 3 is 2.87 bits per heavy atom. The highest BCUT2D eigenvalue weighted by Crippen LogP contribution is 2.18. The second kappa shape index (κ2) is 3.68. The molecule has 0 unspecified atom stereocenters. The number of furan rings is 1. The largest absolute Gasteiger partial charge is 0.460 e. The lowest BCUT2D eigenvalue weighted by Crippen LogP contribution is -2.45. The van der Waals surface area contributed by atoms with E-state index < -0.39 is 0 Å². The summed E-state index contributed by atoms with van der Waals surface area (Å²) >= 11 is 0. The van der Waals surface area contributed by atoms with Gasteiger partial charge < -0.3 is 14.5 Å². The van der Waals surface area contributed by atoms with Gasteiger partial charge in [-0.3, -0.25) is 0 Å². The maximum atomic E-state index is 5.68. The summed E-state index contributed by atoms with van der Waals surface area (Å²) in [7, 11) is 0. The first-order valence-electron chi connectivity index (χ1n) is 5.20. The first kappa shape index (κ1) is 8.95. The van der Waals surface area contributed by atoms with Gasteiger partial charge in [0.2, 0.25) is 0 Å². The van der Waals surface area contributed by atoms with Gasteiger partial charge in [-0.1, -0.05) is 18.2 Å². The average Bonchev–Trinajstić information content (AvgIpc) is 2.57.